The van der Waals surface area contributed by atoms with Crippen molar-refractivity contribution in [1.82, 2.24) is 0 Å². The molecule has 1 saturated heterocycles. The molecule has 1 aliphatic heterocycles. The van der Waals surface area contributed by atoms with Gasteiger partial charge in [-0.25, -0.2) is 0 Å². The summed E-state index contributed by atoms with van der Waals surface area (Å²) in [6.07, 6.45) is 43.1. The van der Waals surface area contributed by atoms with E-state index in [0.29, 0.717) is 13.0 Å². The van der Waals surface area contributed by atoms with Gasteiger partial charge in [0.25, 0.3) is 0 Å². The molecule has 6 atom stereocenters. The maximum absolute atomic E-state index is 12.8. The first-order chi connectivity index (χ1) is 28.9. The summed E-state index contributed by atoms with van der Waals surface area (Å²) in [5.74, 6) is -0.319. The molecule has 0 saturated carbocycles. The normalized spacial score (nSPS) is 20.4. The standard InChI is InChI=1S/C50H92O9/c1-3-5-7-9-11-13-15-17-19-21-22-23-25-27-29-31-33-35-37-39-46(52)58-44(43-57-50-49(55)48(54)47(53)45(41-51)59-50)42-56-40-38-36-34-32-30-28-26-24-20-18-16-14-12-10-8-6-4-2/h11,13,17,19-20,24,44-45,47-51,53-55H,3-10,12,14-16,18,21-23,25-43H2,1-2H3/b13-11-,19-17-,24-20-. The van der Waals surface area contributed by atoms with Gasteiger partial charge in [0.1, 0.15) is 30.5 Å². The monoisotopic (exact) mass is 837 g/mol. The van der Waals surface area contributed by atoms with E-state index >= 15 is 0 Å². The predicted octanol–water partition coefficient (Wildman–Crippen LogP) is 11.5. The number of hydrogen-bond donors (Lipinski definition) is 4. The Morgan fingerprint density at radius 2 is 0.983 bits per heavy atom. The van der Waals surface area contributed by atoms with E-state index in [4.69, 9.17) is 18.9 Å². The van der Waals surface area contributed by atoms with Gasteiger partial charge in [-0.3, -0.25) is 4.79 Å². The molecule has 9 heteroatoms. The quantitative estimate of drug-likeness (QED) is 0.0269. The summed E-state index contributed by atoms with van der Waals surface area (Å²) < 4.78 is 22.9. The largest absolute Gasteiger partial charge is 0.457 e. The van der Waals surface area contributed by atoms with Gasteiger partial charge in [0, 0.05) is 13.0 Å². The van der Waals surface area contributed by atoms with Crippen LogP contribution in [-0.4, -0.2) is 89.6 Å². The number of rotatable bonds is 42. The minimum absolute atomic E-state index is 0.116. The molecule has 1 heterocycles. The molecule has 59 heavy (non-hydrogen) atoms. The van der Waals surface area contributed by atoms with Gasteiger partial charge in [0.05, 0.1) is 19.8 Å². The molecule has 0 bridgehead atoms. The second kappa shape index (κ2) is 41.7. The third-order valence-corrected chi connectivity index (χ3v) is 11.3. The van der Waals surface area contributed by atoms with Crippen molar-refractivity contribution in [3.63, 3.8) is 0 Å². The first-order valence-corrected chi connectivity index (χ1v) is 24.6. The van der Waals surface area contributed by atoms with Crippen molar-refractivity contribution < 1.29 is 44.2 Å². The number of carbonyl (C=O) groups is 1. The van der Waals surface area contributed by atoms with Crippen LogP contribution in [0.15, 0.2) is 36.5 Å². The Balaban J connectivity index is 2.23. The van der Waals surface area contributed by atoms with Crippen molar-refractivity contribution in [1.29, 1.82) is 0 Å². The molecule has 0 aromatic rings. The van der Waals surface area contributed by atoms with Crippen molar-refractivity contribution in [3.8, 4) is 0 Å². The number of aliphatic hydroxyl groups is 4. The van der Waals surface area contributed by atoms with Crippen LogP contribution in [0.4, 0.5) is 0 Å². The topological polar surface area (TPSA) is 135 Å². The Kier molecular flexibility index (Phi) is 39.2. The van der Waals surface area contributed by atoms with Crippen LogP contribution in [0.25, 0.3) is 0 Å². The van der Waals surface area contributed by atoms with Crippen molar-refractivity contribution in [2.45, 2.75) is 250 Å². The zero-order chi connectivity index (χ0) is 42.9. The first-order valence-electron chi connectivity index (χ1n) is 24.6. The van der Waals surface area contributed by atoms with E-state index in [1.165, 1.54) is 154 Å². The van der Waals surface area contributed by atoms with E-state index in [1.807, 2.05) is 0 Å². The summed E-state index contributed by atoms with van der Waals surface area (Å²) in [7, 11) is 0. The molecule has 1 rings (SSSR count). The van der Waals surface area contributed by atoms with Gasteiger partial charge in [-0.15, -0.1) is 0 Å². The zero-order valence-electron chi connectivity index (χ0n) is 38.0. The minimum atomic E-state index is -1.54. The van der Waals surface area contributed by atoms with Gasteiger partial charge in [-0.05, 0) is 70.6 Å². The Morgan fingerprint density at radius 3 is 1.51 bits per heavy atom. The van der Waals surface area contributed by atoms with Crippen LogP contribution in [0.3, 0.4) is 0 Å². The highest BCUT2D eigenvalue weighted by molar-refractivity contribution is 5.69. The van der Waals surface area contributed by atoms with Crippen molar-refractivity contribution in [2.75, 3.05) is 26.4 Å². The van der Waals surface area contributed by atoms with Gasteiger partial charge in [0.15, 0.2) is 6.29 Å². The minimum Gasteiger partial charge on any atom is -0.457 e. The molecule has 346 valence electrons. The molecular weight excluding hydrogens is 745 g/mol. The lowest BCUT2D eigenvalue weighted by Gasteiger charge is -2.39. The van der Waals surface area contributed by atoms with Crippen LogP contribution in [0, 0.1) is 0 Å². The van der Waals surface area contributed by atoms with E-state index < -0.39 is 43.4 Å². The first kappa shape index (κ1) is 55.4. The third-order valence-electron chi connectivity index (χ3n) is 11.3. The molecule has 0 radical (unpaired) electrons. The molecule has 0 aromatic heterocycles. The van der Waals surface area contributed by atoms with Gasteiger partial charge in [-0.2, -0.15) is 0 Å². The second-order valence-electron chi connectivity index (χ2n) is 16.9. The molecule has 0 amide bonds. The molecule has 4 N–H and O–H groups in total. The lowest BCUT2D eigenvalue weighted by atomic mass is 9.99. The van der Waals surface area contributed by atoms with Crippen molar-refractivity contribution in [2.24, 2.45) is 0 Å². The van der Waals surface area contributed by atoms with E-state index in [1.54, 1.807) is 0 Å². The van der Waals surface area contributed by atoms with Crippen LogP contribution in [0.5, 0.6) is 0 Å². The Hall–Kier alpha value is -1.59. The number of unbranched alkanes of at least 4 members (excludes halogenated alkanes) is 25. The number of ether oxygens (including phenoxy) is 4. The average Bonchev–Trinajstić information content (AvgIpc) is 3.24. The lowest BCUT2D eigenvalue weighted by Crippen LogP contribution is -2.59. The van der Waals surface area contributed by atoms with Crippen LogP contribution in [-0.2, 0) is 23.7 Å². The van der Waals surface area contributed by atoms with E-state index in [2.05, 4.69) is 50.3 Å². The molecule has 6 unspecified atom stereocenters. The third kappa shape index (κ3) is 32.7. The fraction of sp³-hybridized carbons (Fsp3) is 0.860. The highest BCUT2D eigenvalue weighted by Crippen LogP contribution is 2.23. The SMILES string of the molecule is CCCCC/C=C\C/C=C\CCCCCCCCCCCC(=O)OC(COCCCCCCCC/C=C\CCCCCCCCC)COC1OC(CO)C(O)C(O)C1O. The Labute approximate surface area is 361 Å². The number of hydrogen-bond acceptors (Lipinski definition) is 9. The number of carbonyl (C=O) groups excluding carboxylic acids is 1. The fourth-order valence-electron chi connectivity index (χ4n) is 7.40. The van der Waals surface area contributed by atoms with E-state index in [-0.39, 0.29) is 19.2 Å². The molecule has 0 aliphatic carbocycles. The van der Waals surface area contributed by atoms with Crippen molar-refractivity contribution >= 4 is 5.97 Å². The van der Waals surface area contributed by atoms with Crippen LogP contribution < -0.4 is 0 Å². The predicted molar refractivity (Wildman–Crippen MR) is 242 cm³/mol. The smallest absolute Gasteiger partial charge is 0.306 e. The molecular formula is C50H92O9. The Bertz CT molecular complexity index is 999. The zero-order valence-corrected chi connectivity index (χ0v) is 38.0. The van der Waals surface area contributed by atoms with Gasteiger partial charge in [0.2, 0.25) is 0 Å². The van der Waals surface area contributed by atoms with Crippen LogP contribution in [0.2, 0.25) is 0 Å². The molecule has 9 nitrogen and oxygen atoms in total. The molecule has 0 spiro atoms. The highest BCUT2D eigenvalue weighted by atomic mass is 16.7. The summed E-state index contributed by atoms with van der Waals surface area (Å²) in [5, 5.41) is 40.2. The van der Waals surface area contributed by atoms with Gasteiger partial charge >= 0.3 is 5.97 Å². The average molecular weight is 837 g/mol. The maximum Gasteiger partial charge on any atom is 0.306 e. The van der Waals surface area contributed by atoms with Gasteiger partial charge in [-0.1, -0.05) is 172 Å². The van der Waals surface area contributed by atoms with E-state index in [0.717, 1.165) is 38.5 Å². The lowest BCUT2D eigenvalue weighted by molar-refractivity contribution is -0.305. The van der Waals surface area contributed by atoms with Crippen LogP contribution >= 0.6 is 0 Å². The highest BCUT2D eigenvalue weighted by Gasteiger charge is 2.44. The maximum atomic E-state index is 12.8. The summed E-state index contributed by atoms with van der Waals surface area (Å²) >= 11 is 0. The summed E-state index contributed by atoms with van der Waals surface area (Å²) in [6.45, 7) is 4.53. The number of esters is 1. The molecule has 1 fully saturated rings. The summed E-state index contributed by atoms with van der Waals surface area (Å²) in [4.78, 5) is 12.8. The summed E-state index contributed by atoms with van der Waals surface area (Å²) in [6, 6.07) is 0. The van der Waals surface area contributed by atoms with Gasteiger partial charge < -0.3 is 39.4 Å². The number of allylic oxidation sites excluding steroid dienone is 6. The molecule has 1 aliphatic rings. The molecule has 0 aromatic carbocycles. The Morgan fingerprint density at radius 1 is 0.542 bits per heavy atom. The second-order valence-corrected chi connectivity index (χ2v) is 16.9. The van der Waals surface area contributed by atoms with Crippen LogP contribution in [0.1, 0.15) is 213 Å². The summed E-state index contributed by atoms with van der Waals surface area (Å²) in [5.41, 5.74) is 0. The number of aliphatic hydroxyl groups excluding tert-OH is 4. The van der Waals surface area contributed by atoms with E-state index in [9.17, 15) is 25.2 Å². The van der Waals surface area contributed by atoms with Crippen molar-refractivity contribution in [3.05, 3.63) is 36.5 Å². The fourth-order valence-corrected chi connectivity index (χ4v) is 7.40.